The summed E-state index contributed by atoms with van der Waals surface area (Å²) in [6, 6.07) is 18.1. The maximum atomic E-state index is 13.7. The van der Waals surface area contributed by atoms with Crippen LogP contribution in [0.1, 0.15) is 33.7 Å². The minimum atomic E-state index is -0.761. The van der Waals surface area contributed by atoms with E-state index in [0.717, 1.165) is 10.1 Å². The number of methoxy groups -OCH3 is 1. The zero-order valence-electron chi connectivity index (χ0n) is 20.6. The van der Waals surface area contributed by atoms with Crippen LogP contribution in [-0.2, 0) is 18.8 Å². The van der Waals surface area contributed by atoms with Crippen molar-refractivity contribution in [2.45, 2.75) is 13.0 Å². The van der Waals surface area contributed by atoms with Gasteiger partial charge in [-0.15, -0.1) is 0 Å². The third kappa shape index (κ3) is 3.20. The molecule has 0 spiro atoms. The van der Waals surface area contributed by atoms with Crippen LogP contribution in [0.4, 0.5) is 0 Å². The molecule has 9 heteroatoms. The zero-order valence-corrected chi connectivity index (χ0v) is 20.6. The number of carbonyl (C=O) groups is 1. The van der Waals surface area contributed by atoms with Crippen LogP contribution in [0.25, 0.3) is 27.8 Å². The van der Waals surface area contributed by atoms with Gasteiger partial charge in [-0.1, -0.05) is 30.3 Å². The molecule has 6 rings (SSSR count). The highest BCUT2D eigenvalue weighted by atomic mass is 16.5. The van der Waals surface area contributed by atoms with Crippen molar-refractivity contribution in [3.05, 3.63) is 104 Å². The summed E-state index contributed by atoms with van der Waals surface area (Å²) in [6.45, 7) is 1.83. The topological polar surface area (TPSA) is 97.6 Å². The number of nitrogens with zero attached hydrogens (tertiary/aromatic N) is 3. The number of hydrogen-bond donors (Lipinski definition) is 0. The molecule has 4 heterocycles. The highest BCUT2D eigenvalue weighted by Crippen LogP contribution is 2.47. The highest BCUT2D eigenvalue weighted by molar-refractivity contribution is 5.99. The van der Waals surface area contributed by atoms with Crippen LogP contribution in [0.3, 0.4) is 0 Å². The van der Waals surface area contributed by atoms with Crippen molar-refractivity contribution in [2.75, 3.05) is 7.11 Å². The molecule has 0 saturated heterocycles. The van der Waals surface area contributed by atoms with Gasteiger partial charge in [0.2, 0.25) is 0 Å². The molecular weight excluding hydrogens is 474 g/mol. The average Bonchev–Trinajstić information content (AvgIpc) is 3.52. The first-order chi connectivity index (χ1) is 17.8. The molecular formula is C28H23N3O6. The van der Waals surface area contributed by atoms with Crippen LogP contribution in [0.15, 0.2) is 74.7 Å². The molecule has 5 aromatic rings. The molecule has 9 nitrogen and oxygen atoms in total. The van der Waals surface area contributed by atoms with E-state index in [1.807, 2.05) is 54.0 Å². The fourth-order valence-corrected chi connectivity index (χ4v) is 5.06. The predicted octanol–water partition coefficient (Wildman–Crippen LogP) is 3.86. The second-order valence-corrected chi connectivity index (χ2v) is 8.99. The van der Waals surface area contributed by atoms with E-state index in [0.29, 0.717) is 50.8 Å². The lowest BCUT2D eigenvalue weighted by Crippen LogP contribution is -2.37. The van der Waals surface area contributed by atoms with E-state index < -0.39 is 23.3 Å². The van der Waals surface area contributed by atoms with Crippen LogP contribution >= 0.6 is 0 Å². The van der Waals surface area contributed by atoms with Gasteiger partial charge in [0.05, 0.1) is 40.7 Å². The monoisotopic (exact) mass is 497 g/mol. The molecule has 3 aromatic heterocycles. The number of aryl methyl sites for hydroxylation is 2. The number of ether oxygens (including phenoxy) is 2. The Morgan fingerprint density at radius 2 is 1.73 bits per heavy atom. The van der Waals surface area contributed by atoms with Gasteiger partial charge >= 0.3 is 11.7 Å². The van der Waals surface area contributed by atoms with Gasteiger partial charge in [0.1, 0.15) is 11.5 Å². The number of aromatic nitrogens is 3. The number of benzene rings is 2. The summed E-state index contributed by atoms with van der Waals surface area (Å²) in [6.07, 6.45) is -0.761. The first-order valence-electron chi connectivity index (χ1n) is 11.7. The fraction of sp³-hybridized carbons (Fsp3) is 0.179. The van der Waals surface area contributed by atoms with E-state index in [2.05, 4.69) is 0 Å². The summed E-state index contributed by atoms with van der Waals surface area (Å²) >= 11 is 0. The van der Waals surface area contributed by atoms with E-state index >= 15 is 0 Å². The number of hydrogen-bond acceptors (Lipinski definition) is 6. The Bertz CT molecular complexity index is 1840. The Morgan fingerprint density at radius 1 is 0.973 bits per heavy atom. The molecule has 0 saturated carbocycles. The summed E-state index contributed by atoms with van der Waals surface area (Å²) in [5.74, 6) is 1.20. The number of furan rings is 1. The predicted molar refractivity (Wildman–Crippen MR) is 136 cm³/mol. The summed E-state index contributed by atoms with van der Waals surface area (Å²) in [5.41, 5.74) is 2.30. The molecule has 1 aliphatic heterocycles. The van der Waals surface area contributed by atoms with Crippen molar-refractivity contribution in [3.63, 3.8) is 0 Å². The number of fused-ring (bicyclic) bond motifs is 5. The van der Waals surface area contributed by atoms with Crippen molar-refractivity contribution in [3.8, 4) is 22.7 Å². The first kappa shape index (κ1) is 22.7. The Labute approximate surface area is 210 Å². The Hall–Kier alpha value is -4.79. The lowest BCUT2D eigenvalue weighted by Gasteiger charge is -2.29. The standard InChI is InChI=1S/C28H23N3O6/c1-15-10-12-20(36-15)25-24-23-21(26(32)30(3)28(34)29(23)2)22(16-8-6-5-7-9-16)31(24)18-14-17(27(33)35-4)11-13-19(18)37-25/h5-14,25H,1-4H3. The van der Waals surface area contributed by atoms with Crippen molar-refractivity contribution in [1.29, 1.82) is 0 Å². The molecule has 1 unspecified atom stereocenters. The van der Waals surface area contributed by atoms with E-state index in [9.17, 15) is 14.4 Å². The molecule has 0 amide bonds. The van der Waals surface area contributed by atoms with Gasteiger partial charge in [0.25, 0.3) is 5.56 Å². The molecule has 2 aromatic carbocycles. The van der Waals surface area contributed by atoms with E-state index in [4.69, 9.17) is 13.9 Å². The quantitative estimate of drug-likeness (QED) is 0.351. The summed E-state index contributed by atoms with van der Waals surface area (Å²) < 4.78 is 21.8. The van der Waals surface area contributed by atoms with Gasteiger partial charge < -0.3 is 18.5 Å². The normalized spacial score (nSPS) is 14.2. The Balaban J connectivity index is 1.85. The largest absolute Gasteiger partial charge is 0.474 e. The second kappa shape index (κ2) is 8.12. The Kier molecular flexibility index (Phi) is 4.98. The van der Waals surface area contributed by atoms with Crippen molar-refractivity contribution >= 4 is 16.9 Å². The highest BCUT2D eigenvalue weighted by Gasteiger charge is 2.38. The van der Waals surface area contributed by atoms with Gasteiger partial charge in [-0.3, -0.25) is 13.9 Å². The molecule has 0 radical (unpaired) electrons. The molecule has 0 N–H and O–H groups in total. The number of rotatable bonds is 3. The minimum Gasteiger partial charge on any atom is -0.474 e. The van der Waals surface area contributed by atoms with Crippen LogP contribution < -0.4 is 16.0 Å². The molecule has 37 heavy (non-hydrogen) atoms. The van der Waals surface area contributed by atoms with Crippen LogP contribution in [0, 0.1) is 6.92 Å². The third-order valence-electron chi connectivity index (χ3n) is 6.79. The van der Waals surface area contributed by atoms with Crippen molar-refractivity contribution < 1.29 is 18.7 Å². The number of esters is 1. The smallest absolute Gasteiger partial charge is 0.337 e. The van der Waals surface area contributed by atoms with E-state index in [-0.39, 0.29) is 0 Å². The molecule has 1 atom stereocenters. The van der Waals surface area contributed by atoms with E-state index in [1.54, 1.807) is 25.2 Å². The maximum absolute atomic E-state index is 13.7. The van der Waals surface area contributed by atoms with Gasteiger partial charge in [0, 0.05) is 14.1 Å². The van der Waals surface area contributed by atoms with Crippen LogP contribution in [0.2, 0.25) is 0 Å². The summed E-state index contributed by atoms with van der Waals surface area (Å²) in [5, 5.41) is 0.360. The lowest BCUT2D eigenvalue weighted by molar-refractivity contribution is 0.0600. The molecule has 0 fully saturated rings. The van der Waals surface area contributed by atoms with Crippen LogP contribution in [0.5, 0.6) is 5.75 Å². The van der Waals surface area contributed by atoms with Gasteiger partial charge in [0.15, 0.2) is 11.9 Å². The third-order valence-corrected chi connectivity index (χ3v) is 6.79. The minimum absolute atomic E-state index is 0.321. The zero-order chi connectivity index (χ0) is 26.0. The summed E-state index contributed by atoms with van der Waals surface area (Å²) in [7, 11) is 4.41. The first-order valence-corrected chi connectivity index (χ1v) is 11.7. The maximum Gasteiger partial charge on any atom is 0.337 e. The SMILES string of the molecule is COC(=O)c1ccc2c(c1)-n1c(-c3ccccc3)c3c(=O)n(C)c(=O)n(C)c3c1C(c1ccc(C)o1)O2. The van der Waals surface area contributed by atoms with Crippen LogP contribution in [-0.4, -0.2) is 26.8 Å². The second-order valence-electron chi connectivity index (χ2n) is 8.99. The fourth-order valence-electron chi connectivity index (χ4n) is 5.06. The molecule has 186 valence electrons. The summed E-state index contributed by atoms with van der Waals surface area (Å²) in [4.78, 5) is 39.2. The Morgan fingerprint density at radius 3 is 2.41 bits per heavy atom. The average molecular weight is 498 g/mol. The van der Waals surface area contributed by atoms with Gasteiger partial charge in [-0.25, -0.2) is 9.59 Å². The van der Waals surface area contributed by atoms with Crippen molar-refractivity contribution in [1.82, 2.24) is 13.7 Å². The molecule has 0 aliphatic carbocycles. The van der Waals surface area contributed by atoms with E-state index in [1.165, 1.54) is 18.7 Å². The van der Waals surface area contributed by atoms with Crippen molar-refractivity contribution in [2.24, 2.45) is 14.1 Å². The van der Waals surface area contributed by atoms with Gasteiger partial charge in [-0.2, -0.15) is 0 Å². The molecule has 1 aliphatic rings. The van der Waals surface area contributed by atoms with Gasteiger partial charge in [-0.05, 0) is 42.8 Å². The number of carbonyl (C=O) groups excluding carboxylic acids is 1. The lowest BCUT2D eigenvalue weighted by atomic mass is 10.1. The molecule has 0 bridgehead atoms.